The smallest absolute Gasteiger partial charge is 0.275 e. The molecule has 3 N–H and O–H groups in total. The molecule has 1 amide bonds. The molecule has 0 heterocycles. The van der Waals surface area contributed by atoms with Crippen molar-refractivity contribution in [1.82, 2.24) is 5.43 Å². The number of allylic oxidation sites excluding steroid dienone is 2. The zero-order valence-electron chi connectivity index (χ0n) is 10.2. The van der Waals surface area contributed by atoms with E-state index in [1.54, 1.807) is 0 Å². The summed E-state index contributed by atoms with van der Waals surface area (Å²) in [5, 5.41) is 22.8. The standard InChI is InChI=1S/C14H14N2O3/c17-9-4-5-11(13(18)7-9)14(19)16-15-12-6-8-2-1-3-10(8)12/h1-2,4-5,7-8,10,17-18H,3,6H2,(H,16,19). The molecule has 1 aromatic carbocycles. The van der Waals surface area contributed by atoms with Crippen molar-refractivity contribution in [2.75, 3.05) is 0 Å². The van der Waals surface area contributed by atoms with Gasteiger partial charge in [-0.25, -0.2) is 5.43 Å². The fraction of sp³-hybridized carbons (Fsp3) is 0.286. The van der Waals surface area contributed by atoms with E-state index in [0.717, 1.165) is 24.6 Å². The van der Waals surface area contributed by atoms with Crippen LogP contribution < -0.4 is 5.43 Å². The molecule has 0 spiro atoms. The Morgan fingerprint density at radius 3 is 2.95 bits per heavy atom. The van der Waals surface area contributed by atoms with Crippen LogP contribution >= 0.6 is 0 Å². The zero-order chi connectivity index (χ0) is 13.4. The number of carbonyl (C=O) groups excluding carboxylic acids is 1. The van der Waals surface area contributed by atoms with Gasteiger partial charge in [0.2, 0.25) is 0 Å². The molecule has 0 aliphatic heterocycles. The van der Waals surface area contributed by atoms with Gasteiger partial charge in [-0.2, -0.15) is 5.10 Å². The van der Waals surface area contributed by atoms with Crippen LogP contribution in [0.15, 0.2) is 35.5 Å². The van der Waals surface area contributed by atoms with Gasteiger partial charge in [-0.3, -0.25) is 4.79 Å². The van der Waals surface area contributed by atoms with E-state index < -0.39 is 5.91 Å². The summed E-state index contributed by atoms with van der Waals surface area (Å²) >= 11 is 0. The molecule has 2 atom stereocenters. The van der Waals surface area contributed by atoms with E-state index in [2.05, 4.69) is 22.7 Å². The van der Waals surface area contributed by atoms with Gasteiger partial charge in [-0.1, -0.05) is 12.2 Å². The van der Waals surface area contributed by atoms with E-state index in [9.17, 15) is 9.90 Å². The second kappa shape index (κ2) is 4.42. The number of fused-ring (bicyclic) bond motifs is 1. The molecule has 5 nitrogen and oxygen atoms in total. The molecule has 5 heteroatoms. The first-order chi connectivity index (χ1) is 9.15. The van der Waals surface area contributed by atoms with Gasteiger partial charge in [0.25, 0.3) is 5.91 Å². The Morgan fingerprint density at radius 1 is 1.37 bits per heavy atom. The number of amides is 1. The van der Waals surface area contributed by atoms with Crippen molar-refractivity contribution in [3.05, 3.63) is 35.9 Å². The van der Waals surface area contributed by atoms with Gasteiger partial charge in [-0.15, -0.1) is 0 Å². The second-order valence-corrected chi connectivity index (χ2v) is 4.88. The summed E-state index contributed by atoms with van der Waals surface area (Å²) in [6, 6.07) is 3.84. The summed E-state index contributed by atoms with van der Waals surface area (Å²) < 4.78 is 0. The fourth-order valence-corrected chi connectivity index (χ4v) is 2.56. The highest BCUT2D eigenvalue weighted by molar-refractivity contribution is 5.99. The number of benzene rings is 1. The highest BCUT2D eigenvalue weighted by atomic mass is 16.3. The van der Waals surface area contributed by atoms with E-state index in [4.69, 9.17) is 5.11 Å². The van der Waals surface area contributed by atoms with Crippen LogP contribution in [-0.4, -0.2) is 21.8 Å². The predicted octanol–water partition coefficient (Wildman–Crippen LogP) is 1.78. The van der Waals surface area contributed by atoms with Crippen LogP contribution in [0.4, 0.5) is 0 Å². The number of phenolic OH excluding ortho intramolecular Hbond substituents is 2. The topological polar surface area (TPSA) is 81.9 Å². The molecule has 98 valence electrons. The van der Waals surface area contributed by atoms with E-state index >= 15 is 0 Å². The van der Waals surface area contributed by atoms with Crippen LogP contribution in [0, 0.1) is 11.8 Å². The minimum absolute atomic E-state index is 0.0840. The maximum Gasteiger partial charge on any atom is 0.275 e. The summed E-state index contributed by atoms with van der Waals surface area (Å²) in [4.78, 5) is 11.8. The third kappa shape index (κ3) is 2.07. The summed E-state index contributed by atoms with van der Waals surface area (Å²) in [7, 11) is 0. The molecule has 0 saturated heterocycles. The van der Waals surface area contributed by atoms with E-state index in [1.807, 2.05) is 0 Å². The van der Waals surface area contributed by atoms with E-state index in [-0.39, 0.29) is 17.1 Å². The number of aromatic hydroxyl groups is 2. The molecule has 0 aromatic heterocycles. The number of carbonyl (C=O) groups is 1. The Hall–Kier alpha value is -2.30. The molecule has 2 unspecified atom stereocenters. The molecule has 1 fully saturated rings. The largest absolute Gasteiger partial charge is 0.508 e. The first-order valence-electron chi connectivity index (χ1n) is 6.20. The van der Waals surface area contributed by atoms with Gasteiger partial charge in [-0.05, 0) is 30.9 Å². The lowest BCUT2D eigenvalue weighted by atomic mass is 9.74. The van der Waals surface area contributed by atoms with Crippen molar-refractivity contribution >= 4 is 11.6 Å². The Bertz CT molecular complexity index is 592. The van der Waals surface area contributed by atoms with Gasteiger partial charge < -0.3 is 10.2 Å². The van der Waals surface area contributed by atoms with Crippen LogP contribution in [0.1, 0.15) is 23.2 Å². The summed E-state index contributed by atoms with van der Waals surface area (Å²) in [5.41, 5.74) is 3.55. The number of hydrazone groups is 1. The van der Waals surface area contributed by atoms with Crippen molar-refractivity contribution < 1.29 is 15.0 Å². The SMILES string of the molecule is O=C(NN=C1CC2C=CCC12)c1ccc(O)cc1O. The van der Waals surface area contributed by atoms with Crippen LogP contribution in [0.5, 0.6) is 11.5 Å². The van der Waals surface area contributed by atoms with Gasteiger partial charge in [0.05, 0.1) is 5.56 Å². The van der Waals surface area contributed by atoms with Crippen LogP contribution in [0.2, 0.25) is 0 Å². The second-order valence-electron chi connectivity index (χ2n) is 4.88. The molecule has 3 rings (SSSR count). The maximum atomic E-state index is 11.8. The average Bonchev–Trinajstić information content (AvgIpc) is 2.71. The Morgan fingerprint density at radius 2 is 2.21 bits per heavy atom. The number of nitrogens with one attached hydrogen (secondary N) is 1. The van der Waals surface area contributed by atoms with Crippen molar-refractivity contribution in [3.8, 4) is 11.5 Å². The fourth-order valence-electron chi connectivity index (χ4n) is 2.56. The van der Waals surface area contributed by atoms with Gasteiger partial charge >= 0.3 is 0 Å². The molecular formula is C14H14N2O3. The molecule has 0 radical (unpaired) electrons. The molecular weight excluding hydrogens is 244 g/mol. The van der Waals surface area contributed by atoms with Crippen molar-refractivity contribution in [1.29, 1.82) is 0 Å². The predicted molar refractivity (Wildman–Crippen MR) is 70.0 cm³/mol. The molecule has 19 heavy (non-hydrogen) atoms. The molecule has 2 aliphatic carbocycles. The Balaban J connectivity index is 1.67. The molecule has 1 saturated carbocycles. The third-order valence-electron chi connectivity index (χ3n) is 3.69. The Kier molecular flexibility index (Phi) is 2.74. The van der Waals surface area contributed by atoms with Crippen LogP contribution in [0.25, 0.3) is 0 Å². The number of phenols is 2. The minimum Gasteiger partial charge on any atom is -0.508 e. The van der Waals surface area contributed by atoms with Crippen LogP contribution in [-0.2, 0) is 0 Å². The molecule has 0 bridgehead atoms. The maximum absolute atomic E-state index is 11.8. The monoisotopic (exact) mass is 258 g/mol. The first kappa shape index (κ1) is 11.8. The molecule has 2 aliphatic rings. The summed E-state index contributed by atoms with van der Waals surface area (Å²) in [5.74, 6) is 0.205. The van der Waals surface area contributed by atoms with E-state index in [0.29, 0.717) is 11.8 Å². The number of nitrogens with zero attached hydrogens (tertiary/aromatic N) is 1. The number of rotatable bonds is 2. The normalized spacial score (nSPS) is 26.0. The number of hydrogen-bond donors (Lipinski definition) is 3. The summed E-state index contributed by atoms with van der Waals surface area (Å²) in [6.45, 7) is 0. The number of hydrogen-bond acceptors (Lipinski definition) is 4. The molecule has 1 aromatic rings. The van der Waals surface area contributed by atoms with Crippen LogP contribution in [0.3, 0.4) is 0 Å². The lowest BCUT2D eigenvalue weighted by Gasteiger charge is -2.31. The lowest BCUT2D eigenvalue weighted by Crippen LogP contribution is -2.35. The highest BCUT2D eigenvalue weighted by Gasteiger charge is 2.38. The summed E-state index contributed by atoms with van der Waals surface area (Å²) in [6.07, 6.45) is 6.22. The van der Waals surface area contributed by atoms with Crippen molar-refractivity contribution in [2.45, 2.75) is 12.8 Å². The minimum atomic E-state index is -0.473. The quantitative estimate of drug-likeness (QED) is 0.558. The van der Waals surface area contributed by atoms with Gasteiger partial charge in [0.15, 0.2) is 0 Å². The Labute approximate surface area is 110 Å². The average molecular weight is 258 g/mol. The highest BCUT2D eigenvalue weighted by Crippen LogP contribution is 2.40. The van der Waals surface area contributed by atoms with Gasteiger partial charge in [0, 0.05) is 17.7 Å². The first-order valence-corrected chi connectivity index (χ1v) is 6.20. The lowest BCUT2D eigenvalue weighted by molar-refractivity contribution is 0.0951. The third-order valence-corrected chi connectivity index (χ3v) is 3.69. The van der Waals surface area contributed by atoms with Gasteiger partial charge in [0.1, 0.15) is 11.5 Å². The zero-order valence-corrected chi connectivity index (χ0v) is 10.2. The van der Waals surface area contributed by atoms with E-state index in [1.165, 1.54) is 12.1 Å². The van der Waals surface area contributed by atoms with Crippen molar-refractivity contribution in [3.63, 3.8) is 0 Å². The van der Waals surface area contributed by atoms with Crippen molar-refractivity contribution in [2.24, 2.45) is 16.9 Å².